The second-order valence-electron chi connectivity index (χ2n) is 6.26. The fourth-order valence-corrected chi connectivity index (χ4v) is 3.40. The number of carbonyl (C=O) groups excluding carboxylic acids is 1. The number of nitrogens with one attached hydrogen (secondary N) is 1. The number of amides is 1. The van der Waals surface area contributed by atoms with E-state index >= 15 is 0 Å². The van der Waals surface area contributed by atoms with Crippen LogP contribution in [0, 0.1) is 0 Å². The van der Waals surface area contributed by atoms with Gasteiger partial charge in [-0.2, -0.15) is 0 Å². The molecule has 2 heterocycles. The molecule has 0 bridgehead atoms. The number of hydrogen-bond donors (Lipinski definition) is 1. The van der Waals surface area contributed by atoms with E-state index in [9.17, 15) is 4.79 Å². The van der Waals surface area contributed by atoms with Gasteiger partial charge in [-0.3, -0.25) is 4.79 Å². The fraction of sp³-hybridized carbons (Fsp3) is 0.471. The Balaban J connectivity index is 1.27. The molecule has 1 N–H and O–H groups in total. The zero-order valence-electron chi connectivity index (χ0n) is 13.4. The van der Waals surface area contributed by atoms with Crippen molar-refractivity contribution >= 4 is 29.0 Å². The Morgan fingerprint density at radius 3 is 2.67 bits per heavy atom. The van der Waals surface area contributed by atoms with Crippen LogP contribution in [-0.4, -0.2) is 34.9 Å². The second kappa shape index (κ2) is 6.84. The molecule has 24 heavy (non-hydrogen) atoms. The minimum Gasteiger partial charge on any atom is -0.416 e. The van der Waals surface area contributed by atoms with Crippen molar-refractivity contribution in [1.82, 2.24) is 10.2 Å². The van der Waals surface area contributed by atoms with Gasteiger partial charge in [0.25, 0.3) is 5.22 Å². The van der Waals surface area contributed by atoms with Gasteiger partial charge < -0.3 is 14.6 Å². The van der Waals surface area contributed by atoms with Crippen LogP contribution in [0.15, 0.2) is 33.9 Å². The summed E-state index contributed by atoms with van der Waals surface area (Å²) in [4.78, 5) is 14.4. The normalized spacial score (nSPS) is 17.2. The van der Waals surface area contributed by atoms with Crippen LogP contribution in [0.25, 0.3) is 0 Å². The largest absolute Gasteiger partial charge is 0.416 e. The summed E-state index contributed by atoms with van der Waals surface area (Å²) in [5.74, 6) is 1.34. The van der Waals surface area contributed by atoms with E-state index in [1.165, 1.54) is 30.3 Å². The molecule has 2 aromatic rings. The Morgan fingerprint density at radius 1 is 1.21 bits per heavy atom. The number of nitrogens with zero attached hydrogens (tertiary/aromatic N) is 3. The monoisotopic (exact) mass is 344 g/mol. The molecular weight excluding hydrogens is 324 g/mol. The zero-order chi connectivity index (χ0) is 16.4. The van der Waals surface area contributed by atoms with Crippen LogP contribution in [0.3, 0.4) is 0 Å². The maximum atomic E-state index is 12.0. The molecule has 7 heteroatoms. The summed E-state index contributed by atoms with van der Waals surface area (Å²) in [5, 5.41) is 11.4. The quantitative estimate of drug-likeness (QED) is 0.811. The van der Waals surface area contributed by atoms with Gasteiger partial charge >= 0.3 is 0 Å². The van der Waals surface area contributed by atoms with E-state index in [0.717, 1.165) is 31.6 Å². The molecule has 1 aromatic heterocycles. The predicted octanol–water partition coefficient (Wildman–Crippen LogP) is 3.28. The Morgan fingerprint density at radius 2 is 1.96 bits per heavy atom. The van der Waals surface area contributed by atoms with E-state index < -0.39 is 0 Å². The fourth-order valence-electron chi connectivity index (χ4n) is 2.83. The van der Waals surface area contributed by atoms with Gasteiger partial charge in [0.15, 0.2) is 0 Å². The van der Waals surface area contributed by atoms with Crippen LogP contribution in [0.1, 0.15) is 37.5 Å². The molecule has 0 radical (unpaired) electrons. The van der Waals surface area contributed by atoms with Gasteiger partial charge in [-0.15, -0.1) is 10.2 Å². The molecule has 1 aliphatic carbocycles. The number of anilines is 2. The summed E-state index contributed by atoms with van der Waals surface area (Å²) in [6, 6.07) is 8.03. The first-order valence-electron chi connectivity index (χ1n) is 8.39. The highest BCUT2D eigenvalue weighted by Crippen LogP contribution is 2.39. The van der Waals surface area contributed by atoms with Crippen LogP contribution in [0.5, 0.6) is 0 Å². The predicted molar refractivity (Wildman–Crippen MR) is 93.5 cm³/mol. The summed E-state index contributed by atoms with van der Waals surface area (Å²) < 4.78 is 5.54. The minimum absolute atomic E-state index is 0.0694. The van der Waals surface area contributed by atoms with Crippen LogP contribution in [-0.2, 0) is 4.79 Å². The van der Waals surface area contributed by atoms with E-state index in [1.807, 2.05) is 12.1 Å². The maximum Gasteiger partial charge on any atom is 0.277 e. The average Bonchev–Trinajstić information content (AvgIpc) is 3.12. The van der Waals surface area contributed by atoms with Crippen LogP contribution >= 0.6 is 11.8 Å². The highest BCUT2D eigenvalue weighted by atomic mass is 32.2. The molecule has 1 saturated heterocycles. The number of thioether (sulfide) groups is 1. The van der Waals surface area contributed by atoms with E-state index in [2.05, 4.69) is 32.5 Å². The van der Waals surface area contributed by atoms with Crippen molar-refractivity contribution in [2.24, 2.45) is 0 Å². The van der Waals surface area contributed by atoms with Gasteiger partial charge in [0.05, 0.1) is 5.75 Å². The molecule has 0 atom stereocenters. The van der Waals surface area contributed by atoms with E-state index in [1.54, 1.807) is 0 Å². The van der Waals surface area contributed by atoms with Crippen molar-refractivity contribution in [3.8, 4) is 0 Å². The van der Waals surface area contributed by atoms with Gasteiger partial charge in [0.2, 0.25) is 11.8 Å². The molecule has 1 saturated carbocycles. The molecule has 2 fully saturated rings. The number of rotatable bonds is 6. The first-order valence-corrected chi connectivity index (χ1v) is 9.37. The van der Waals surface area contributed by atoms with Crippen molar-refractivity contribution in [2.75, 3.05) is 29.1 Å². The van der Waals surface area contributed by atoms with Crippen LogP contribution < -0.4 is 10.2 Å². The molecule has 6 nitrogen and oxygen atoms in total. The molecule has 1 aliphatic heterocycles. The number of hydrogen-bond acceptors (Lipinski definition) is 6. The smallest absolute Gasteiger partial charge is 0.277 e. The van der Waals surface area contributed by atoms with Crippen molar-refractivity contribution in [2.45, 2.75) is 36.8 Å². The third-order valence-electron chi connectivity index (χ3n) is 4.30. The first-order chi connectivity index (χ1) is 11.8. The SMILES string of the molecule is O=C(CSc1nnc(C2CC2)o1)Nc1ccc(N2CCCC2)cc1. The highest BCUT2D eigenvalue weighted by Gasteiger charge is 2.29. The Kier molecular flexibility index (Phi) is 4.42. The van der Waals surface area contributed by atoms with Crippen molar-refractivity contribution in [3.63, 3.8) is 0 Å². The molecule has 126 valence electrons. The standard InChI is InChI=1S/C17H20N4O2S/c22-15(11-24-17-20-19-16(23-17)12-3-4-12)18-13-5-7-14(8-6-13)21-9-1-2-10-21/h5-8,12H,1-4,9-11H2,(H,18,22). The molecule has 4 rings (SSSR count). The lowest BCUT2D eigenvalue weighted by Gasteiger charge is -2.17. The Bertz CT molecular complexity index is 706. The summed E-state index contributed by atoms with van der Waals surface area (Å²) in [6.07, 6.45) is 4.77. The molecule has 2 aliphatic rings. The number of carbonyl (C=O) groups is 1. The van der Waals surface area contributed by atoms with Gasteiger partial charge in [-0.1, -0.05) is 11.8 Å². The van der Waals surface area contributed by atoms with Gasteiger partial charge in [-0.25, -0.2) is 0 Å². The molecule has 0 unspecified atom stereocenters. The van der Waals surface area contributed by atoms with Crippen LogP contribution in [0.4, 0.5) is 11.4 Å². The second-order valence-corrected chi connectivity index (χ2v) is 7.18. The summed E-state index contributed by atoms with van der Waals surface area (Å²) in [7, 11) is 0. The maximum absolute atomic E-state index is 12.0. The van der Waals surface area contributed by atoms with Crippen molar-refractivity contribution in [3.05, 3.63) is 30.2 Å². The van der Waals surface area contributed by atoms with Gasteiger partial charge in [0, 0.05) is 30.4 Å². The van der Waals surface area contributed by atoms with E-state index in [0.29, 0.717) is 17.0 Å². The lowest BCUT2D eigenvalue weighted by atomic mass is 10.2. The summed E-state index contributed by atoms with van der Waals surface area (Å²) in [6.45, 7) is 2.24. The zero-order valence-corrected chi connectivity index (χ0v) is 14.2. The Labute approximate surface area is 145 Å². The first kappa shape index (κ1) is 15.5. The Hall–Kier alpha value is -2.02. The summed E-state index contributed by atoms with van der Waals surface area (Å²) in [5.41, 5.74) is 2.03. The molecule has 0 spiro atoms. The topological polar surface area (TPSA) is 71.3 Å². The number of aromatic nitrogens is 2. The minimum atomic E-state index is -0.0694. The molecular formula is C17H20N4O2S. The van der Waals surface area contributed by atoms with Crippen molar-refractivity contribution in [1.29, 1.82) is 0 Å². The lowest BCUT2D eigenvalue weighted by Crippen LogP contribution is -2.18. The molecule has 1 aromatic carbocycles. The average molecular weight is 344 g/mol. The van der Waals surface area contributed by atoms with Gasteiger partial charge in [0.1, 0.15) is 0 Å². The van der Waals surface area contributed by atoms with E-state index in [4.69, 9.17) is 4.42 Å². The van der Waals surface area contributed by atoms with Crippen molar-refractivity contribution < 1.29 is 9.21 Å². The summed E-state index contributed by atoms with van der Waals surface area (Å²) >= 11 is 1.28. The third kappa shape index (κ3) is 3.72. The lowest BCUT2D eigenvalue weighted by molar-refractivity contribution is -0.113. The van der Waals surface area contributed by atoms with Crippen LogP contribution in [0.2, 0.25) is 0 Å². The molecule has 1 amide bonds. The highest BCUT2D eigenvalue weighted by molar-refractivity contribution is 7.99. The number of benzene rings is 1. The van der Waals surface area contributed by atoms with E-state index in [-0.39, 0.29) is 11.7 Å². The van der Waals surface area contributed by atoms with Gasteiger partial charge in [-0.05, 0) is 49.9 Å². The third-order valence-corrected chi connectivity index (χ3v) is 5.12.